The molecule has 106 valence electrons. The molecular formula is C12H9ClF3N3O. The maximum absolute atomic E-state index is 13.5. The van der Waals surface area contributed by atoms with Gasteiger partial charge < -0.3 is 10.1 Å². The summed E-state index contributed by atoms with van der Waals surface area (Å²) < 4.78 is 44.2. The Labute approximate surface area is 117 Å². The lowest BCUT2D eigenvalue weighted by Crippen LogP contribution is -2.03. The zero-order valence-electron chi connectivity index (χ0n) is 10.3. The van der Waals surface area contributed by atoms with Gasteiger partial charge in [-0.25, -0.2) is 23.1 Å². The molecule has 0 saturated heterocycles. The summed E-state index contributed by atoms with van der Waals surface area (Å²) in [4.78, 5) is 7.88. The van der Waals surface area contributed by atoms with Crippen LogP contribution in [0.25, 0.3) is 0 Å². The van der Waals surface area contributed by atoms with Crippen molar-refractivity contribution in [3.8, 4) is 0 Å². The lowest BCUT2D eigenvalue weighted by atomic mass is 10.3. The fourth-order valence-electron chi connectivity index (χ4n) is 1.48. The highest BCUT2D eigenvalue weighted by molar-refractivity contribution is 6.29. The minimum Gasteiger partial charge on any atom is -0.377 e. The number of rotatable bonds is 4. The van der Waals surface area contributed by atoms with E-state index >= 15 is 0 Å². The lowest BCUT2D eigenvalue weighted by molar-refractivity contribution is 0.178. The average Bonchev–Trinajstić information content (AvgIpc) is 2.35. The first-order valence-corrected chi connectivity index (χ1v) is 5.81. The molecule has 0 spiro atoms. The fraction of sp³-hybridized carbons (Fsp3) is 0.167. The van der Waals surface area contributed by atoms with Crippen LogP contribution in [0.3, 0.4) is 0 Å². The summed E-state index contributed by atoms with van der Waals surface area (Å²) in [6.07, 6.45) is 0. The molecule has 0 fully saturated rings. The smallest absolute Gasteiger partial charge is 0.161 e. The van der Waals surface area contributed by atoms with Crippen LogP contribution in [-0.4, -0.2) is 17.1 Å². The summed E-state index contributed by atoms with van der Waals surface area (Å²) in [5.41, 5.74) is -0.262. The number of nitrogens with zero attached hydrogens (tertiary/aromatic N) is 2. The van der Waals surface area contributed by atoms with Gasteiger partial charge >= 0.3 is 0 Å². The Kier molecular flexibility index (Phi) is 4.41. The number of nitrogens with one attached hydrogen (secondary N) is 1. The first-order chi connectivity index (χ1) is 9.49. The van der Waals surface area contributed by atoms with E-state index in [1.165, 1.54) is 13.2 Å². The van der Waals surface area contributed by atoms with Crippen molar-refractivity contribution in [1.82, 2.24) is 9.97 Å². The van der Waals surface area contributed by atoms with Gasteiger partial charge in [-0.05, 0) is 0 Å². The van der Waals surface area contributed by atoms with Crippen molar-refractivity contribution in [2.75, 3.05) is 12.4 Å². The van der Waals surface area contributed by atoms with Crippen LogP contribution in [0.5, 0.6) is 0 Å². The second kappa shape index (κ2) is 6.06. The van der Waals surface area contributed by atoms with Gasteiger partial charge in [0.05, 0.1) is 5.69 Å². The molecule has 0 unspecified atom stereocenters. The molecule has 0 atom stereocenters. The Morgan fingerprint density at radius 3 is 2.50 bits per heavy atom. The van der Waals surface area contributed by atoms with Crippen LogP contribution in [0.4, 0.5) is 24.7 Å². The van der Waals surface area contributed by atoms with Gasteiger partial charge in [-0.1, -0.05) is 11.6 Å². The minimum atomic E-state index is -1.27. The van der Waals surface area contributed by atoms with E-state index in [4.69, 9.17) is 16.3 Å². The first kappa shape index (κ1) is 14.5. The Hall–Kier alpha value is -1.86. The molecule has 0 saturated carbocycles. The summed E-state index contributed by atoms with van der Waals surface area (Å²) >= 11 is 5.77. The van der Waals surface area contributed by atoms with Gasteiger partial charge in [-0.3, -0.25) is 0 Å². The van der Waals surface area contributed by atoms with Crippen molar-refractivity contribution in [3.05, 3.63) is 46.6 Å². The molecule has 0 radical (unpaired) electrons. The number of ether oxygens (including phenoxy) is 1. The summed E-state index contributed by atoms with van der Waals surface area (Å²) in [5.74, 6) is -2.99. The molecule has 1 N–H and O–H groups in total. The number of halogens is 4. The summed E-state index contributed by atoms with van der Waals surface area (Å²) in [5, 5.41) is 2.62. The quantitative estimate of drug-likeness (QED) is 0.694. The van der Waals surface area contributed by atoms with Crippen molar-refractivity contribution in [2.24, 2.45) is 0 Å². The van der Waals surface area contributed by atoms with Crippen LogP contribution in [0.2, 0.25) is 5.15 Å². The van der Waals surface area contributed by atoms with Crippen molar-refractivity contribution >= 4 is 23.1 Å². The number of methoxy groups -OCH3 is 1. The van der Waals surface area contributed by atoms with Crippen molar-refractivity contribution in [3.63, 3.8) is 0 Å². The van der Waals surface area contributed by atoms with Crippen molar-refractivity contribution < 1.29 is 17.9 Å². The highest BCUT2D eigenvalue weighted by atomic mass is 35.5. The van der Waals surface area contributed by atoms with Gasteiger partial charge in [0.25, 0.3) is 0 Å². The van der Waals surface area contributed by atoms with Gasteiger partial charge in [-0.15, -0.1) is 0 Å². The molecule has 1 aromatic heterocycles. The van der Waals surface area contributed by atoms with Gasteiger partial charge in [0.2, 0.25) is 0 Å². The molecule has 4 nitrogen and oxygen atoms in total. The average molecular weight is 304 g/mol. The van der Waals surface area contributed by atoms with Crippen LogP contribution >= 0.6 is 11.6 Å². The van der Waals surface area contributed by atoms with E-state index in [0.29, 0.717) is 12.1 Å². The van der Waals surface area contributed by atoms with Gasteiger partial charge in [0, 0.05) is 25.3 Å². The largest absolute Gasteiger partial charge is 0.377 e. The first-order valence-electron chi connectivity index (χ1n) is 5.43. The maximum atomic E-state index is 13.5. The van der Waals surface area contributed by atoms with Gasteiger partial charge in [0.1, 0.15) is 23.4 Å². The summed E-state index contributed by atoms with van der Waals surface area (Å²) in [6.45, 7) is 0.107. The number of anilines is 2. The predicted octanol–water partition coefficient (Wildman–Crippen LogP) is 3.44. The monoisotopic (exact) mass is 303 g/mol. The van der Waals surface area contributed by atoms with Crippen LogP contribution in [-0.2, 0) is 11.3 Å². The van der Waals surface area contributed by atoms with E-state index in [1.807, 2.05) is 0 Å². The molecule has 1 heterocycles. The predicted molar refractivity (Wildman–Crippen MR) is 67.4 cm³/mol. The Bertz CT molecular complexity index is 640. The molecule has 1 aromatic carbocycles. The highest BCUT2D eigenvalue weighted by Gasteiger charge is 2.11. The minimum absolute atomic E-state index is 0.107. The molecule has 20 heavy (non-hydrogen) atoms. The fourth-order valence-corrected chi connectivity index (χ4v) is 1.68. The van der Waals surface area contributed by atoms with Crippen LogP contribution < -0.4 is 5.32 Å². The van der Waals surface area contributed by atoms with Gasteiger partial charge in [0.15, 0.2) is 17.5 Å². The third-order valence-corrected chi connectivity index (χ3v) is 2.48. The zero-order chi connectivity index (χ0) is 14.7. The zero-order valence-corrected chi connectivity index (χ0v) is 11.0. The molecule has 0 aliphatic heterocycles. The van der Waals surface area contributed by atoms with E-state index in [1.54, 1.807) is 0 Å². The number of benzene rings is 1. The van der Waals surface area contributed by atoms with E-state index in [2.05, 4.69) is 15.3 Å². The number of aromatic nitrogens is 2. The van der Waals surface area contributed by atoms with Crippen molar-refractivity contribution in [2.45, 2.75) is 6.61 Å². The molecular weight excluding hydrogens is 295 g/mol. The van der Waals surface area contributed by atoms with E-state index in [9.17, 15) is 13.2 Å². The van der Waals surface area contributed by atoms with Crippen LogP contribution in [0.15, 0.2) is 18.2 Å². The SMILES string of the molecule is COCc1nc(Cl)cc(Nc2cc(F)c(F)cc2F)n1. The molecule has 0 aliphatic carbocycles. The summed E-state index contributed by atoms with van der Waals surface area (Å²) in [7, 11) is 1.45. The standard InChI is InChI=1S/C12H9ClF3N3O/c1-20-5-12-18-10(13)4-11(19-12)17-9-3-7(15)6(14)2-8(9)16/h2-4H,5H2,1H3,(H,17,18,19). The van der Waals surface area contributed by atoms with E-state index < -0.39 is 17.5 Å². The summed E-state index contributed by atoms with van der Waals surface area (Å²) in [6, 6.07) is 2.45. The van der Waals surface area contributed by atoms with Crippen LogP contribution in [0, 0.1) is 17.5 Å². The Balaban J connectivity index is 2.32. The molecule has 2 rings (SSSR count). The number of hydrogen-bond acceptors (Lipinski definition) is 4. The molecule has 0 bridgehead atoms. The highest BCUT2D eigenvalue weighted by Crippen LogP contribution is 2.23. The second-order valence-corrected chi connectivity index (χ2v) is 4.18. The van der Waals surface area contributed by atoms with Gasteiger partial charge in [-0.2, -0.15) is 0 Å². The molecule has 2 aromatic rings. The van der Waals surface area contributed by atoms with Crippen molar-refractivity contribution in [1.29, 1.82) is 0 Å². The topological polar surface area (TPSA) is 47.0 Å². The second-order valence-electron chi connectivity index (χ2n) is 3.80. The Morgan fingerprint density at radius 1 is 1.10 bits per heavy atom. The van der Waals surface area contributed by atoms with E-state index in [-0.39, 0.29) is 29.1 Å². The van der Waals surface area contributed by atoms with Crippen LogP contribution in [0.1, 0.15) is 5.82 Å². The molecule has 0 aliphatic rings. The Morgan fingerprint density at radius 2 is 1.80 bits per heavy atom. The maximum Gasteiger partial charge on any atom is 0.161 e. The molecule has 8 heteroatoms. The van der Waals surface area contributed by atoms with E-state index in [0.717, 1.165) is 0 Å². The third kappa shape index (κ3) is 3.37. The lowest BCUT2D eigenvalue weighted by Gasteiger charge is -2.09. The number of hydrogen-bond donors (Lipinski definition) is 1. The molecule has 0 amide bonds. The third-order valence-electron chi connectivity index (χ3n) is 2.29. The normalized spacial score (nSPS) is 10.7.